The zero-order valence-electron chi connectivity index (χ0n) is 14.8. The number of aliphatic hydroxyl groups excluding tert-OH is 1. The van der Waals surface area contributed by atoms with Crippen LogP contribution in [0.1, 0.15) is 63.7 Å². The van der Waals surface area contributed by atoms with Crippen LogP contribution in [0.15, 0.2) is 24.3 Å². The van der Waals surface area contributed by atoms with Crippen molar-refractivity contribution in [2.24, 2.45) is 17.8 Å². The average molecular weight is 318 g/mol. The maximum Gasteiger partial charge on any atom is 0.309 e. The number of esters is 1. The second kappa shape index (κ2) is 7.96. The fraction of sp³-hybridized carbons (Fsp3) is 0.650. The molecule has 4 atom stereocenters. The molecule has 0 spiro atoms. The molecule has 1 saturated carbocycles. The van der Waals surface area contributed by atoms with Crippen molar-refractivity contribution in [3.63, 3.8) is 0 Å². The van der Waals surface area contributed by atoms with E-state index in [4.69, 9.17) is 4.74 Å². The van der Waals surface area contributed by atoms with Crippen LogP contribution in [0.25, 0.3) is 0 Å². The van der Waals surface area contributed by atoms with Gasteiger partial charge in [-0.25, -0.2) is 0 Å². The Bertz CT molecular complexity index is 523. The first-order valence-electron chi connectivity index (χ1n) is 8.81. The first-order valence-corrected chi connectivity index (χ1v) is 8.81. The Morgan fingerprint density at radius 3 is 2.65 bits per heavy atom. The highest BCUT2D eigenvalue weighted by Crippen LogP contribution is 2.35. The molecule has 0 amide bonds. The van der Waals surface area contributed by atoms with E-state index in [1.807, 2.05) is 31.2 Å². The van der Waals surface area contributed by atoms with E-state index >= 15 is 0 Å². The van der Waals surface area contributed by atoms with Gasteiger partial charge in [-0.3, -0.25) is 4.79 Å². The number of aliphatic hydroxyl groups is 1. The van der Waals surface area contributed by atoms with E-state index in [9.17, 15) is 9.90 Å². The van der Waals surface area contributed by atoms with Crippen LogP contribution in [-0.4, -0.2) is 17.2 Å². The summed E-state index contributed by atoms with van der Waals surface area (Å²) < 4.78 is 5.72. The van der Waals surface area contributed by atoms with Gasteiger partial charge in [0.1, 0.15) is 6.10 Å². The van der Waals surface area contributed by atoms with Gasteiger partial charge in [-0.1, -0.05) is 45.0 Å². The molecule has 2 rings (SSSR count). The second-order valence-corrected chi connectivity index (χ2v) is 7.40. The van der Waals surface area contributed by atoms with Gasteiger partial charge in [0.2, 0.25) is 0 Å². The van der Waals surface area contributed by atoms with Crippen molar-refractivity contribution in [2.75, 3.05) is 0 Å². The van der Waals surface area contributed by atoms with E-state index in [1.54, 1.807) is 0 Å². The van der Waals surface area contributed by atoms with Crippen LogP contribution in [0.5, 0.6) is 0 Å². The van der Waals surface area contributed by atoms with Gasteiger partial charge in [0.15, 0.2) is 0 Å². The number of rotatable bonds is 5. The van der Waals surface area contributed by atoms with Gasteiger partial charge >= 0.3 is 5.97 Å². The molecule has 0 saturated heterocycles. The molecule has 0 heterocycles. The second-order valence-electron chi connectivity index (χ2n) is 7.40. The highest BCUT2D eigenvalue weighted by molar-refractivity contribution is 5.70. The van der Waals surface area contributed by atoms with Crippen molar-refractivity contribution in [3.8, 4) is 0 Å². The summed E-state index contributed by atoms with van der Waals surface area (Å²) in [6, 6.07) is 7.62. The van der Waals surface area contributed by atoms with Crippen molar-refractivity contribution in [1.82, 2.24) is 0 Å². The molecule has 1 aromatic carbocycles. The molecule has 1 fully saturated rings. The lowest BCUT2D eigenvalue weighted by atomic mass is 9.76. The van der Waals surface area contributed by atoms with E-state index in [1.165, 1.54) is 6.42 Å². The third-order valence-corrected chi connectivity index (χ3v) is 5.30. The lowest BCUT2D eigenvalue weighted by Crippen LogP contribution is -2.34. The molecular formula is C20H30O3. The third-order valence-electron chi connectivity index (χ3n) is 5.30. The van der Waals surface area contributed by atoms with Crippen molar-refractivity contribution in [2.45, 2.75) is 65.6 Å². The standard InChI is InChI=1S/C20H30O3/c1-13(2)16-10-9-15(4)19(11-16)23-20(22)12-18(21)17-8-6-5-7-14(17)3/h5-8,13,15-16,18-19,21H,9-12H2,1-4H3/t15-,16-,18?,19-/m1/s1. The largest absolute Gasteiger partial charge is 0.462 e. The lowest BCUT2D eigenvalue weighted by Gasteiger charge is -2.35. The van der Waals surface area contributed by atoms with E-state index in [0.717, 1.165) is 24.0 Å². The molecule has 1 N–H and O–H groups in total. The van der Waals surface area contributed by atoms with Gasteiger partial charge in [0, 0.05) is 0 Å². The summed E-state index contributed by atoms with van der Waals surface area (Å²) in [6.45, 7) is 8.58. The van der Waals surface area contributed by atoms with Gasteiger partial charge in [-0.2, -0.15) is 0 Å². The first kappa shape index (κ1) is 18.0. The predicted octanol–water partition coefficient (Wildman–Crippen LogP) is 4.42. The van der Waals surface area contributed by atoms with Gasteiger partial charge in [0.05, 0.1) is 12.5 Å². The Morgan fingerprint density at radius 2 is 2.00 bits per heavy atom. The predicted molar refractivity (Wildman–Crippen MR) is 92.0 cm³/mol. The zero-order chi connectivity index (χ0) is 17.0. The summed E-state index contributed by atoms with van der Waals surface area (Å²) in [6.07, 6.45) is 2.52. The van der Waals surface area contributed by atoms with Gasteiger partial charge in [-0.05, 0) is 55.1 Å². The zero-order valence-corrected chi connectivity index (χ0v) is 14.8. The van der Waals surface area contributed by atoms with Crippen molar-refractivity contribution in [1.29, 1.82) is 0 Å². The summed E-state index contributed by atoms with van der Waals surface area (Å²) in [5.74, 6) is 1.37. The number of aryl methyl sites for hydroxylation is 1. The van der Waals surface area contributed by atoms with Crippen LogP contribution in [0.4, 0.5) is 0 Å². The Morgan fingerprint density at radius 1 is 1.30 bits per heavy atom. The molecule has 0 radical (unpaired) electrons. The molecule has 23 heavy (non-hydrogen) atoms. The molecule has 0 aromatic heterocycles. The molecule has 1 aliphatic carbocycles. The van der Waals surface area contributed by atoms with Crippen LogP contribution >= 0.6 is 0 Å². The number of benzene rings is 1. The van der Waals surface area contributed by atoms with Crippen molar-refractivity contribution in [3.05, 3.63) is 35.4 Å². The number of hydrogen-bond donors (Lipinski definition) is 1. The Labute approximate surface area is 140 Å². The number of carbonyl (C=O) groups is 1. The van der Waals surface area contributed by atoms with Crippen LogP contribution in [0.3, 0.4) is 0 Å². The summed E-state index contributed by atoms with van der Waals surface area (Å²) in [4.78, 5) is 12.2. The fourth-order valence-electron chi connectivity index (χ4n) is 3.53. The normalized spacial score (nSPS) is 26.1. The highest BCUT2D eigenvalue weighted by Gasteiger charge is 2.32. The maximum absolute atomic E-state index is 12.2. The minimum Gasteiger partial charge on any atom is -0.462 e. The molecule has 0 aliphatic heterocycles. The minimum absolute atomic E-state index is 0.00674. The van der Waals surface area contributed by atoms with E-state index < -0.39 is 6.10 Å². The summed E-state index contributed by atoms with van der Waals surface area (Å²) in [5, 5.41) is 10.3. The van der Waals surface area contributed by atoms with Crippen molar-refractivity contribution >= 4 is 5.97 Å². The minimum atomic E-state index is -0.788. The van der Waals surface area contributed by atoms with Gasteiger partial charge in [0.25, 0.3) is 0 Å². The fourth-order valence-corrected chi connectivity index (χ4v) is 3.53. The SMILES string of the molecule is Cc1ccccc1C(O)CC(=O)O[C@@H]1C[C@H](C(C)C)CC[C@H]1C. The van der Waals surface area contributed by atoms with Crippen LogP contribution in [-0.2, 0) is 9.53 Å². The first-order chi connectivity index (χ1) is 10.9. The molecule has 1 aliphatic rings. The number of ether oxygens (including phenoxy) is 1. The van der Waals surface area contributed by atoms with Gasteiger partial charge in [-0.15, -0.1) is 0 Å². The molecular weight excluding hydrogens is 288 g/mol. The van der Waals surface area contributed by atoms with Crippen LogP contribution in [0, 0.1) is 24.7 Å². The molecule has 1 unspecified atom stereocenters. The monoisotopic (exact) mass is 318 g/mol. The maximum atomic E-state index is 12.2. The lowest BCUT2D eigenvalue weighted by molar-refractivity contribution is -0.157. The number of hydrogen-bond acceptors (Lipinski definition) is 3. The summed E-state index contributed by atoms with van der Waals surface area (Å²) in [7, 11) is 0. The van der Waals surface area contributed by atoms with Crippen LogP contribution in [0.2, 0.25) is 0 Å². The Hall–Kier alpha value is -1.35. The molecule has 128 valence electrons. The van der Waals surface area contributed by atoms with E-state index in [0.29, 0.717) is 17.8 Å². The number of carbonyl (C=O) groups excluding carboxylic acids is 1. The Kier molecular flexibility index (Phi) is 6.23. The quantitative estimate of drug-likeness (QED) is 0.817. The average Bonchev–Trinajstić information content (AvgIpc) is 2.49. The van der Waals surface area contributed by atoms with Crippen LogP contribution < -0.4 is 0 Å². The van der Waals surface area contributed by atoms with E-state index in [2.05, 4.69) is 20.8 Å². The van der Waals surface area contributed by atoms with E-state index in [-0.39, 0.29) is 18.5 Å². The van der Waals surface area contributed by atoms with Gasteiger partial charge < -0.3 is 9.84 Å². The topological polar surface area (TPSA) is 46.5 Å². The molecule has 3 nitrogen and oxygen atoms in total. The third kappa shape index (κ3) is 4.81. The molecule has 0 bridgehead atoms. The Balaban J connectivity index is 1.92. The highest BCUT2D eigenvalue weighted by atomic mass is 16.5. The molecule has 1 aromatic rings. The van der Waals surface area contributed by atoms with Crippen molar-refractivity contribution < 1.29 is 14.6 Å². The molecule has 3 heteroatoms. The summed E-state index contributed by atoms with van der Waals surface area (Å²) in [5.41, 5.74) is 1.81. The smallest absolute Gasteiger partial charge is 0.309 e. The summed E-state index contributed by atoms with van der Waals surface area (Å²) >= 11 is 0.